The van der Waals surface area contributed by atoms with Crippen molar-refractivity contribution >= 4 is 21.9 Å². The van der Waals surface area contributed by atoms with Gasteiger partial charge in [-0.15, -0.1) is 0 Å². The Kier molecular flexibility index (Phi) is 2.80. The summed E-state index contributed by atoms with van der Waals surface area (Å²) in [6.07, 6.45) is 2.08. The molecule has 4 aromatic rings. The van der Waals surface area contributed by atoms with Gasteiger partial charge in [-0.3, -0.25) is 0 Å². The normalized spacial score (nSPS) is 11.4. The minimum Gasteiger partial charge on any atom is -0.456 e. The van der Waals surface area contributed by atoms with E-state index in [1.807, 2.05) is 18.2 Å². The van der Waals surface area contributed by atoms with Gasteiger partial charge in [0.15, 0.2) is 6.20 Å². The molecule has 0 spiro atoms. The van der Waals surface area contributed by atoms with Crippen LogP contribution < -0.4 is 4.57 Å². The monoisotopic (exact) mass is 288 g/mol. The number of aromatic nitrogens is 1. The lowest BCUT2D eigenvalue weighted by atomic mass is 9.95. The minimum atomic E-state index is 0.953. The van der Waals surface area contributed by atoms with Crippen molar-refractivity contribution in [1.29, 1.82) is 0 Å². The molecular formula is C20H18NO+. The third-order valence-electron chi connectivity index (χ3n) is 4.57. The molecule has 2 heteroatoms. The summed E-state index contributed by atoms with van der Waals surface area (Å²) in [7, 11) is 2.08. The van der Waals surface area contributed by atoms with Crippen LogP contribution in [0.5, 0.6) is 0 Å². The Morgan fingerprint density at radius 3 is 2.45 bits per heavy atom. The largest absolute Gasteiger partial charge is 0.456 e. The number of pyridine rings is 1. The Labute approximate surface area is 129 Å². The molecule has 0 saturated carbocycles. The summed E-state index contributed by atoms with van der Waals surface area (Å²) >= 11 is 0. The lowest BCUT2D eigenvalue weighted by Crippen LogP contribution is -2.30. The third-order valence-corrected chi connectivity index (χ3v) is 4.57. The maximum Gasteiger partial charge on any atom is 0.212 e. The first kappa shape index (κ1) is 13.1. The molecule has 108 valence electrons. The van der Waals surface area contributed by atoms with E-state index in [1.54, 1.807) is 0 Å². The fourth-order valence-corrected chi connectivity index (χ4v) is 3.25. The van der Waals surface area contributed by atoms with E-state index in [0.29, 0.717) is 0 Å². The van der Waals surface area contributed by atoms with Crippen molar-refractivity contribution in [3.63, 3.8) is 0 Å². The van der Waals surface area contributed by atoms with E-state index in [2.05, 4.69) is 62.0 Å². The Morgan fingerprint density at radius 2 is 1.64 bits per heavy atom. The van der Waals surface area contributed by atoms with E-state index in [9.17, 15) is 0 Å². The molecule has 0 bridgehead atoms. The van der Waals surface area contributed by atoms with Gasteiger partial charge in [0.05, 0.1) is 5.56 Å². The van der Waals surface area contributed by atoms with Crippen molar-refractivity contribution < 1.29 is 8.98 Å². The zero-order valence-electron chi connectivity index (χ0n) is 13.1. The van der Waals surface area contributed by atoms with Crippen molar-refractivity contribution in [3.05, 3.63) is 65.9 Å². The number of benzene rings is 2. The summed E-state index contributed by atoms with van der Waals surface area (Å²) in [5.74, 6) is 0. The smallest absolute Gasteiger partial charge is 0.212 e. The van der Waals surface area contributed by atoms with Crippen LogP contribution in [0.4, 0.5) is 0 Å². The maximum atomic E-state index is 6.08. The average molecular weight is 288 g/mol. The highest BCUT2D eigenvalue weighted by Crippen LogP contribution is 2.36. The average Bonchev–Trinajstić information content (AvgIpc) is 2.90. The molecule has 2 nitrogen and oxygen atoms in total. The molecule has 0 N–H and O–H groups in total. The van der Waals surface area contributed by atoms with E-state index >= 15 is 0 Å². The third kappa shape index (κ3) is 1.77. The summed E-state index contributed by atoms with van der Waals surface area (Å²) in [5, 5.41) is 2.43. The SMILES string of the molecule is Cc1c(-c2cccc[n+]2C)cc2oc3ccccc3c2c1C. The molecule has 4 rings (SSSR count). The maximum absolute atomic E-state index is 6.08. The van der Waals surface area contributed by atoms with E-state index in [4.69, 9.17) is 4.42 Å². The lowest BCUT2D eigenvalue weighted by molar-refractivity contribution is -0.660. The van der Waals surface area contributed by atoms with Gasteiger partial charge >= 0.3 is 0 Å². The van der Waals surface area contributed by atoms with Crippen molar-refractivity contribution in [2.75, 3.05) is 0 Å². The topological polar surface area (TPSA) is 17.0 Å². The second kappa shape index (κ2) is 4.70. The van der Waals surface area contributed by atoms with Crippen molar-refractivity contribution in [1.82, 2.24) is 0 Å². The zero-order valence-corrected chi connectivity index (χ0v) is 13.1. The number of para-hydroxylation sites is 1. The fraction of sp³-hybridized carbons (Fsp3) is 0.150. The molecule has 2 heterocycles. The van der Waals surface area contributed by atoms with Gasteiger partial charge in [0.2, 0.25) is 5.69 Å². The molecule has 0 aliphatic rings. The molecule has 0 aliphatic carbocycles. The molecule has 0 saturated heterocycles. The van der Waals surface area contributed by atoms with Crippen LogP contribution in [-0.2, 0) is 7.05 Å². The van der Waals surface area contributed by atoms with E-state index in [1.165, 1.54) is 33.2 Å². The summed E-state index contributed by atoms with van der Waals surface area (Å²) < 4.78 is 8.23. The first-order valence-electron chi connectivity index (χ1n) is 7.53. The Bertz CT molecular complexity index is 1010. The quantitative estimate of drug-likeness (QED) is 0.464. The fourth-order valence-electron chi connectivity index (χ4n) is 3.25. The molecule has 2 aromatic carbocycles. The zero-order chi connectivity index (χ0) is 15.3. The van der Waals surface area contributed by atoms with E-state index in [0.717, 1.165) is 11.2 Å². The van der Waals surface area contributed by atoms with E-state index < -0.39 is 0 Å². The first-order valence-corrected chi connectivity index (χ1v) is 7.53. The van der Waals surface area contributed by atoms with Gasteiger partial charge in [0.1, 0.15) is 18.2 Å². The number of furan rings is 1. The predicted molar refractivity (Wildman–Crippen MR) is 89.8 cm³/mol. The Morgan fingerprint density at radius 1 is 0.864 bits per heavy atom. The number of hydrogen-bond acceptors (Lipinski definition) is 1. The summed E-state index contributed by atoms with van der Waals surface area (Å²) in [5.41, 5.74) is 6.94. The number of rotatable bonds is 1. The second-order valence-electron chi connectivity index (χ2n) is 5.84. The van der Waals surface area contributed by atoms with Crippen LogP contribution in [0.25, 0.3) is 33.2 Å². The van der Waals surface area contributed by atoms with Gasteiger partial charge in [-0.05, 0) is 43.2 Å². The molecule has 0 radical (unpaired) electrons. The standard InChI is InChI=1S/C20H18NO/c1-13-14(2)20-15-8-4-5-10-18(15)22-19(20)12-16(13)17-9-6-7-11-21(17)3/h4-12H,1-3H3/q+1. The minimum absolute atomic E-state index is 0.953. The molecule has 0 atom stereocenters. The number of hydrogen-bond donors (Lipinski definition) is 0. The van der Waals surface area contributed by atoms with Crippen molar-refractivity contribution in [2.45, 2.75) is 13.8 Å². The Hall–Kier alpha value is -2.61. The summed E-state index contributed by atoms with van der Waals surface area (Å²) in [6.45, 7) is 4.38. The van der Waals surface area contributed by atoms with Crippen LogP contribution in [0, 0.1) is 13.8 Å². The molecule has 0 amide bonds. The van der Waals surface area contributed by atoms with Crippen molar-refractivity contribution in [2.24, 2.45) is 7.05 Å². The lowest BCUT2D eigenvalue weighted by Gasteiger charge is -2.08. The highest BCUT2D eigenvalue weighted by molar-refractivity contribution is 6.08. The summed E-state index contributed by atoms with van der Waals surface area (Å²) in [6, 6.07) is 16.7. The number of nitrogens with zero attached hydrogens (tertiary/aromatic N) is 1. The van der Waals surface area contributed by atoms with Crippen LogP contribution in [0.15, 0.2) is 59.1 Å². The summed E-state index contributed by atoms with van der Waals surface area (Å²) in [4.78, 5) is 0. The van der Waals surface area contributed by atoms with Crippen LogP contribution in [0.2, 0.25) is 0 Å². The van der Waals surface area contributed by atoms with E-state index in [-0.39, 0.29) is 0 Å². The number of fused-ring (bicyclic) bond motifs is 3. The highest BCUT2D eigenvalue weighted by Gasteiger charge is 2.18. The van der Waals surface area contributed by atoms with Gasteiger partial charge in [-0.25, -0.2) is 4.57 Å². The van der Waals surface area contributed by atoms with Crippen LogP contribution in [0.1, 0.15) is 11.1 Å². The second-order valence-corrected chi connectivity index (χ2v) is 5.84. The van der Waals surface area contributed by atoms with Crippen LogP contribution in [0.3, 0.4) is 0 Å². The van der Waals surface area contributed by atoms with Gasteiger partial charge in [0.25, 0.3) is 0 Å². The van der Waals surface area contributed by atoms with Crippen molar-refractivity contribution in [3.8, 4) is 11.3 Å². The van der Waals surface area contributed by atoms with Gasteiger partial charge in [0, 0.05) is 22.9 Å². The Balaban J connectivity index is 2.12. The van der Waals surface area contributed by atoms with Gasteiger partial charge in [-0.1, -0.05) is 18.2 Å². The van der Waals surface area contributed by atoms with Crippen LogP contribution >= 0.6 is 0 Å². The van der Waals surface area contributed by atoms with Crippen LogP contribution in [-0.4, -0.2) is 0 Å². The number of aryl methyl sites for hydroxylation is 2. The molecule has 0 aliphatic heterocycles. The highest BCUT2D eigenvalue weighted by atomic mass is 16.3. The molecule has 0 unspecified atom stereocenters. The van der Waals surface area contributed by atoms with Gasteiger partial charge in [-0.2, -0.15) is 0 Å². The molecule has 22 heavy (non-hydrogen) atoms. The molecule has 2 aromatic heterocycles. The first-order chi connectivity index (χ1) is 10.7. The van der Waals surface area contributed by atoms with Gasteiger partial charge < -0.3 is 4.42 Å². The predicted octanol–water partition coefficient (Wildman–Crippen LogP) is 4.69. The molecular weight excluding hydrogens is 270 g/mol. The molecule has 0 fully saturated rings.